The normalized spacial score (nSPS) is 9.70. The Kier molecular flexibility index (Phi) is 7.08. The Labute approximate surface area is 160 Å². The van der Waals surface area contributed by atoms with E-state index in [1.54, 1.807) is 0 Å². The van der Waals surface area contributed by atoms with Crippen molar-refractivity contribution in [1.29, 1.82) is 0 Å². The number of ketones is 1. The molecule has 0 aliphatic carbocycles. The molecule has 0 bridgehead atoms. The summed E-state index contributed by atoms with van der Waals surface area (Å²) < 4.78 is 14.8. The molecular formula is C15H15NaO6S. The van der Waals surface area contributed by atoms with Crippen LogP contribution in [0.25, 0.3) is 0 Å². The number of phenols is 2. The van der Waals surface area contributed by atoms with Crippen molar-refractivity contribution in [3.8, 4) is 28.7 Å². The molecular weight excluding hydrogens is 331 g/mol. The summed E-state index contributed by atoms with van der Waals surface area (Å²) in [6.45, 7) is 0. The van der Waals surface area contributed by atoms with Gasteiger partial charge in [0.05, 0.1) is 25.3 Å². The van der Waals surface area contributed by atoms with Crippen molar-refractivity contribution in [2.75, 3.05) is 14.2 Å². The van der Waals surface area contributed by atoms with Crippen molar-refractivity contribution in [2.45, 2.75) is 0 Å². The number of hydrogen-bond donors (Lipinski definition) is 3. The third kappa shape index (κ3) is 4.06. The molecule has 6 nitrogen and oxygen atoms in total. The molecule has 118 valence electrons. The van der Waals surface area contributed by atoms with Crippen LogP contribution in [0.15, 0.2) is 30.3 Å². The van der Waals surface area contributed by atoms with Crippen LogP contribution >= 0.6 is 12.9 Å². The number of carbonyl (C=O) groups excluding carboxylic acids is 1. The van der Waals surface area contributed by atoms with Crippen LogP contribution in [0.4, 0.5) is 0 Å². The quantitative estimate of drug-likeness (QED) is 0.332. The molecule has 8 heteroatoms. The molecule has 2 rings (SSSR count). The van der Waals surface area contributed by atoms with Crippen molar-refractivity contribution in [3.05, 3.63) is 41.5 Å². The number of methoxy groups -OCH3 is 2. The molecule has 0 radical (unpaired) electrons. The summed E-state index contributed by atoms with van der Waals surface area (Å²) in [4.78, 5) is 12.5. The van der Waals surface area contributed by atoms with Crippen LogP contribution in [0.5, 0.6) is 28.7 Å². The third-order valence-electron chi connectivity index (χ3n) is 3.07. The van der Waals surface area contributed by atoms with Gasteiger partial charge in [0.15, 0.2) is 11.5 Å². The monoisotopic (exact) mass is 346 g/mol. The Bertz CT molecular complexity index is 719. The summed E-state index contributed by atoms with van der Waals surface area (Å²) in [7, 11) is 2.84. The van der Waals surface area contributed by atoms with E-state index in [4.69, 9.17) is 13.7 Å². The summed E-state index contributed by atoms with van der Waals surface area (Å²) in [5, 5.41) is 19.9. The Hall–Kier alpha value is -1.54. The second-order valence-corrected chi connectivity index (χ2v) is 4.51. The Morgan fingerprint density at radius 1 is 0.957 bits per heavy atom. The van der Waals surface area contributed by atoms with Crippen molar-refractivity contribution in [2.24, 2.45) is 0 Å². The van der Waals surface area contributed by atoms with E-state index >= 15 is 0 Å². The minimum absolute atomic E-state index is 0. The number of benzene rings is 2. The van der Waals surface area contributed by atoms with E-state index in [2.05, 4.69) is 12.9 Å². The first kappa shape index (κ1) is 19.5. The van der Waals surface area contributed by atoms with Crippen molar-refractivity contribution < 1.29 is 28.7 Å². The van der Waals surface area contributed by atoms with E-state index in [-0.39, 0.29) is 63.7 Å². The Balaban J connectivity index is 0.00000264. The van der Waals surface area contributed by atoms with Gasteiger partial charge in [0.25, 0.3) is 0 Å². The molecule has 0 fully saturated rings. The fraction of sp³-hybridized carbons (Fsp3) is 0.133. The predicted molar refractivity (Wildman–Crippen MR) is 89.5 cm³/mol. The number of carbonyl (C=O) groups is 1. The molecule has 2 aromatic carbocycles. The molecule has 0 aromatic heterocycles. The van der Waals surface area contributed by atoms with Crippen LogP contribution in [-0.2, 0) is 0 Å². The zero-order valence-electron chi connectivity index (χ0n) is 11.9. The Morgan fingerprint density at radius 2 is 1.61 bits per heavy atom. The molecule has 0 unspecified atom stereocenters. The second-order valence-electron chi connectivity index (χ2n) is 4.32. The number of hydrogen-bond acceptors (Lipinski definition) is 7. The van der Waals surface area contributed by atoms with Gasteiger partial charge in [-0.3, -0.25) is 4.79 Å². The molecule has 0 heterocycles. The fourth-order valence-electron chi connectivity index (χ4n) is 1.94. The first-order valence-corrected chi connectivity index (χ1v) is 6.52. The number of ether oxygens (including phenoxy) is 2. The maximum atomic E-state index is 12.5. The third-order valence-corrected chi connectivity index (χ3v) is 3.27. The van der Waals surface area contributed by atoms with E-state index in [0.717, 1.165) is 0 Å². The average molecular weight is 346 g/mol. The van der Waals surface area contributed by atoms with Gasteiger partial charge in [0, 0.05) is 31.1 Å². The molecule has 0 saturated carbocycles. The van der Waals surface area contributed by atoms with Gasteiger partial charge in [-0.2, -0.15) is 0 Å². The topological polar surface area (TPSA) is 85.2 Å². The SMILES string of the molecule is COc1ccc(C(=O)c2cc(OS)c(OC)cc2O)c(O)c1.[NaH]. The molecule has 0 saturated heterocycles. The minimum atomic E-state index is -0.577. The predicted octanol–water partition coefficient (Wildman–Crippen LogP) is 1.92. The summed E-state index contributed by atoms with van der Waals surface area (Å²) in [5.41, 5.74) is -0.0308. The summed E-state index contributed by atoms with van der Waals surface area (Å²) in [6, 6.07) is 6.77. The molecule has 0 atom stereocenters. The molecule has 0 aliphatic heterocycles. The zero-order valence-corrected chi connectivity index (χ0v) is 12.8. The molecule has 2 aromatic rings. The number of thiol groups is 1. The summed E-state index contributed by atoms with van der Waals surface area (Å²) in [5.74, 6) is -0.332. The number of aromatic hydroxyl groups is 2. The summed E-state index contributed by atoms with van der Waals surface area (Å²) in [6.07, 6.45) is 0. The maximum absolute atomic E-state index is 12.5. The van der Waals surface area contributed by atoms with E-state index in [1.807, 2.05) is 0 Å². The van der Waals surface area contributed by atoms with Gasteiger partial charge >= 0.3 is 29.6 Å². The van der Waals surface area contributed by atoms with E-state index in [0.29, 0.717) is 5.75 Å². The number of phenolic OH excluding ortho intramolecular Hbond substituents is 2. The molecule has 0 amide bonds. The van der Waals surface area contributed by atoms with Crippen LogP contribution in [0.1, 0.15) is 15.9 Å². The average Bonchev–Trinajstić information content (AvgIpc) is 2.53. The number of rotatable bonds is 5. The van der Waals surface area contributed by atoms with Crippen LogP contribution in [0, 0.1) is 0 Å². The first-order chi connectivity index (χ1) is 10.5. The molecule has 2 N–H and O–H groups in total. The van der Waals surface area contributed by atoms with Crippen LogP contribution in [0.3, 0.4) is 0 Å². The molecule has 0 spiro atoms. The van der Waals surface area contributed by atoms with E-state index < -0.39 is 5.78 Å². The van der Waals surface area contributed by atoms with Crippen molar-refractivity contribution >= 4 is 48.3 Å². The van der Waals surface area contributed by atoms with Gasteiger partial charge in [0.1, 0.15) is 17.2 Å². The summed E-state index contributed by atoms with van der Waals surface area (Å²) >= 11 is 3.68. The van der Waals surface area contributed by atoms with Crippen molar-refractivity contribution in [1.82, 2.24) is 0 Å². The van der Waals surface area contributed by atoms with Gasteiger partial charge in [-0.25, -0.2) is 0 Å². The van der Waals surface area contributed by atoms with Gasteiger partial charge in [-0.1, -0.05) is 0 Å². The first-order valence-electron chi connectivity index (χ1n) is 6.16. The van der Waals surface area contributed by atoms with E-state index in [1.165, 1.54) is 44.6 Å². The van der Waals surface area contributed by atoms with Crippen LogP contribution in [-0.4, -0.2) is 59.8 Å². The molecule has 23 heavy (non-hydrogen) atoms. The van der Waals surface area contributed by atoms with Gasteiger partial charge < -0.3 is 23.9 Å². The molecule has 0 aliphatic rings. The van der Waals surface area contributed by atoms with Crippen LogP contribution in [0.2, 0.25) is 0 Å². The fourth-order valence-corrected chi connectivity index (χ4v) is 2.08. The van der Waals surface area contributed by atoms with Gasteiger partial charge in [-0.05, 0) is 12.1 Å². The van der Waals surface area contributed by atoms with Crippen molar-refractivity contribution in [3.63, 3.8) is 0 Å². The van der Waals surface area contributed by atoms with Gasteiger partial charge in [-0.15, -0.1) is 0 Å². The Morgan fingerprint density at radius 3 is 2.13 bits per heavy atom. The van der Waals surface area contributed by atoms with Gasteiger partial charge in [0.2, 0.25) is 5.78 Å². The standard InChI is InChI=1S/C15H14O6S.Na.H/c1-19-8-3-4-9(11(16)5-8)15(18)10-6-14(21-22)13(20-2)7-12(10)17;;/h3-7,16-17,22H,1-2H3;;. The van der Waals surface area contributed by atoms with Crippen LogP contribution < -0.4 is 13.7 Å². The zero-order chi connectivity index (χ0) is 16.3. The van der Waals surface area contributed by atoms with E-state index in [9.17, 15) is 15.0 Å². The second kappa shape index (κ2) is 8.35.